The number of rotatable bonds is 3. The van der Waals surface area contributed by atoms with E-state index in [4.69, 9.17) is 16.9 Å². The summed E-state index contributed by atoms with van der Waals surface area (Å²) in [4.78, 5) is 36.5. The molecule has 2 rings (SSSR count). The highest BCUT2D eigenvalue weighted by Crippen LogP contribution is 2.18. The third-order valence-electron chi connectivity index (χ3n) is 3.70. The number of nitriles is 1. The monoisotopic (exact) mass is 331 g/mol. The van der Waals surface area contributed by atoms with E-state index in [-0.39, 0.29) is 17.1 Å². The fourth-order valence-electron chi connectivity index (χ4n) is 2.33. The fourth-order valence-corrected chi connectivity index (χ4v) is 2.57. The Balaban J connectivity index is 2.66. The molecule has 0 N–H and O–H groups in total. The van der Waals surface area contributed by atoms with E-state index in [0.29, 0.717) is 16.8 Å². The van der Waals surface area contributed by atoms with Crippen molar-refractivity contribution < 1.29 is 4.79 Å². The van der Waals surface area contributed by atoms with Crippen LogP contribution < -0.4 is 11.2 Å². The molecule has 0 unspecified atom stereocenters. The summed E-state index contributed by atoms with van der Waals surface area (Å²) in [6, 6.07) is 6.56. The molecule has 0 aliphatic rings. The molecule has 1 heterocycles. The first-order valence-electron chi connectivity index (χ1n) is 6.77. The number of halogens is 1. The average molecular weight is 332 g/mol. The molecule has 1 aromatic heterocycles. The van der Waals surface area contributed by atoms with Crippen LogP contribution in [0.2, 0.25) is 5.02 Å². The van der Waals surface area contributed by atoms with Crippen molar-refractivity contribution in [3.05, 3.63) is 66.4 Å². The molecule has 0 radical (unpaired) electrons. The SMILES string of the molecule is CC(=O)c1c(C)n(C)c(=O)n(Cc2ccc(C#N)cc2Cl)c1=O. The second-order valence-electron chi connectivity index (χ2n) is 5.17. The Bertz CT molecular complexity index is 964. The van der Waals surface area contributed by atoms with Crippen molar-refractivity contribution in [1.82, 2.24) is 9.13 Å². The molecule has 0 amide bonds. The summed E-state index contributed by atoms with van der Waals surface area (Å²) in [5.74, 6) is -0.400. The molecular weight excluding hydrogens is 318 g/mol. The maximum Gasteiger partial charge on any atom is 0.331 e. The van der Waals surface area contributed by atoms with Crippen LogP contribution in [0.15, 0.2) is 27.8 Å². The standard InChI is InChI=1S/C16H14ClN3O3/c1-9-14(10(2)21)15(22)20(16(23)19(9)3)8-12-5-4-11(7-18)6-13(12)17/h4-6H,8H2,1-3H3. The molecule has 0 fully saturated rings. The molecule has 2 aromatic rings. The fraction of sp³-hybridized carbons (Fsp3) is 0.250. The molecule has 23 heavy (non-hydrogen) atoms. The van der Waals surface area contributed by atoms with Crippen LogP contribution in [-0.4, -0.2) is 14.9 Å². The minimum absolute atomic E-state index is 0.0168. The van der Waals surface area contributed by atoms with Crippen molar-refractivity contribution in [2.75, 3.05) is 0 Å². The van der Waals surface area contributed by atoms with Crippen molar-refractivity contribution in [2.24, 2.45) is 7.05 Å². The minimum Gasteiger partial charge on any atom is -0.300 e. The largest absolute Gasteiger partial charge is 0.331 e. The number of carbonyl (C=O) groups is 1. The number of carbonyl (C=O) groups excluding carboxylic acids is 1. The van der Waals surface area contributed by atoms with Crippen LogP contribution >= 0.6 is 11.6 Å². The van der Waals surface area contributed by atoms with E-state index in [1.165, 1.54) is 24.6 Å². The first-order chi connectivity index (χ1) is 10.8. The molecule has 7 heteroatoms. The van der Waals surface area contributed by atoms with Gasteiger partial charge in [0, 0.05) is 17.8 Å². The van der Waals surface area contributed by atoms with E-state index in [9.17, 15) is 14.4 Å². The van der Waals surface area contributed by atoms with Gasteiger partial charge in [0.2, 0.25) is 0 Å². The van der Waals surface area contributed by atoms with Gasteiger partial charge < -0.3 is 4.57 Å². The zero-order valence-corrected chi connectivity index (χ0v) is 13.6. The van der Waals surface area contributed by atoms with E-state index in [2.05, 4.69) is 0 Å². The maximum absolute atomic E-state index is 12.5. The second kappa shape index (κ2) is 6.23. The molecule has 6 nitrogen and oxygen atoms in total. The molecular formula is C16H14ClN3O3. The van der Waals surface area contributed by atoms with Gasteiger partial charge >= 0.3 is 5.69 Å². The zero-order chi connectivity index (χ0) is 17.3. The summed E-state index contributed by atoms with van der Waals surface area (Å²) in [6.45, 7) is 2.77. The Kier molecular flexibility index (Phi) is 4.52. The van der Waals surface area contributed by atoms with E-state index in [1.54, 1.807) is 19.1 Å². The number of ketones is 1. The molecule has 0 atom stereocenters. The molecule has 0 saturated heterocycles. The summed E-state index contributed by atoms with van der Waals surface area (Å²) in [5, 5.41) is 9.12. The maximum atomic E-state index is 12.5. The summed E-state index contributed by atoms with van der Waals surface area (Å²) >= 11 is 6.09. The van der Waals surface area contributed by atoms with E-state index in [1.807, 2.05) is 6.07 Å². The molecule has 0 aliphatic heterocycles. The Labute approximate surface area is 137 Å². The van der Waals surface area contributed by atoms with Crippen molar-refractivity contribution in [3.63, 3.8) is 0 Å². The van der Waals surface area contributed by atoms with Gasteiger partial charge in [-0.15, -0.1) is 0 Å². The predicted molar refractivity (Wildman–Crippen MR) is 86.0 cm³/mol. The van der Waals surface area contributed by atoms with Gasteiger partial charge in [-0.25, -0.2) is 4.79 Å². The van der Waals surface area contributed by atoms with Crippen LogP contribution in [0.3, 0.4) is 0 Å². The minimum atomic E-state index is -0.640. The van der Waals surface area contributed by atoms with Crippen molar-refractivity contribution in [1.29, 1.82) is 5.26 Å². The lowest BCUT2D eigenvalue weighted by Crippen LogP contribution is -2.43. The predicted octanol–water partition coefficient (Wildman–Crippen LogP) is 1.63. The summed E-state index contributed by atoms with van der Waals surface area (Å²) in [6.07, 6.45) is 0. The number of benzene rings is 1. The lowest BCUT2D eigenvalue weighted by Gasteiger charge is -2.13. The highest BCUT2D eigenvalue weighted by atomic mass is 35.5. The highest BCUT2D eigenvalue weighted by Gasteiger charge is 2.18. The average Bonchev–Trinajstić information content (AvgIpc) is 2.50. The summed E-state index contributed by atoms with van der Waals surface area (Å²) in [7, 11) is 1.50. The van der Waals surface area contributed by atoms with Gasteiger partial charge in [0.1, 0.15) is 5.56 Å². The smallest absolute Gasteiger partial charge is 0.300 e. The Morgan fingerprint density at radius 3 is 2.52 bits per heavy atom. The first-order valence-corrected chi connectivity index (χ1v) is 7.15. The Hall–Kier alpha value is -2.65. The van der Waals surface area contributed by atoms with Gasteiger partial charge in [-0.2, -0.15) is 5.26 Å². The highest BCUT2D eigenvalue weighted by molar-refractivity contribution is 6.31. The number of Topliss-reactive ketones (excluding diaryl/α,β-unsaturated/α-hetero) is 1. The molecule has 1 aromatic carbocycles. The van der Waals surface area contributed by atoms with Crippen LogP contribution in [-0.2, 0) is 13.6 Å². The Morgan fingerprint density at radius 2 is 2.00 bits per heavy atom. The van der Waals surface area contributed by atoms with Crippen LogP contribution in [0.25, 0.3) is 0 Å². The van der Waals surface area contributed by atoms with Gasteiger partial charge in [-0.05, 0) is 31.5 Å². The van der Waals surface area contributed by atoms with Gasteiger partial charge in [-0.1, -0.05) is 17.7 Å². The van der Waals surface area contributed by atoms with E-state index < -0.39 is 17.0 Å². The number of hydrogen-bond acceptors (Lipinski definition) is 4. The number of hydrogen-bond donors (Lipinski definition) is 0. The molecule has 0 bridgehead atoms. The van der Waals surface area contributed by atoms with E-state index in [0.717, 1.165) is 4.57 Å². The molecule has 0 spiro atoms. The van der Waals surface area contributed by atoms with E-state index >= 15 is 0 Å². The van der Waals surface area contributed by atoms with Gasteiger partial charge in [-0.3, -0.25) is 14.2 Å². The van der Waals surface area contributed by atoms with Crippen molar-refractivity contribution in [2.45, 2.75) is 20.4 Å². The second-order valence-corrected chi connectivity index (χ2v) is 5.57. The van der Waals surface area contributed by atoms with Crippen LogP contribution in [0.4, 0.5) is 0 Å². The number of aromatic nitrogens is 2. The quantitative estimate of drug-likeness (QED) is 0.800. The van der Waals surface area contributed by atoms with Crippen molar-refractivity contribution in [3.8, 4) is 6.07 Å². The van der Waals surface area contributed by atoms with Crippen LogP contribution in [0.5, 0.6) is 0 Å². The molecule has 118 valence electrons. The first kappa shape index (κ1) is 16.7. The lowest BCUT2D eigenvalue weighted by atomic mass is 10.1. The third kappa shape index (κ3) is 2.96. The van der Waals surface area contributed by atoms with Crippen molar-refractivity contribution >= 4 is 17.4 Å². The van der Waals surface area contributed by atoms with Gasteiger partial charge in [0.25, 0.3) is 5.56 Å². The lowest BCUT2D eigenvalue weighted by molar-refractivity contribution is 0.101. The van der Waals surface area contributed by atoms with Crippen LogP contribution in [0, 0.1) is 18.3 Å². The topological polar surface area (TPSA) is 84.9 Å². The summed E-state index contributed by atoms with van der Waals surface area (Å²) < 4.78 is 2.23. The van der Waals surface area contributed by atoms with Crippen LogP contribution in [0.1, 0.15) is 34.1 Å². The third-order valence-corrected chi connectivity index (χ3v) is 4.06. The van der Waals surface area contributed by atoms with Gasteiger partial charge in [0.05, 0.1) is 18.2 Å². The molecule has 0 aliphatic carbocycles. The normalized spacial score (nSPS) is 10.4. The zero-order valence-electron chi connectivity index (χ0n) is 12.9. The van der Waals surface area contributed by atoms with Gasteiger partial charge in [0.15, 0.2) is 5.78 Å². The summed E-state index contributed by atoms with van der Waals surface area (Å²) in [5.41, 5.74) is 0.0403. The molecule has 0 saturated carbocycles. The number of nitrogens with zero attached hydrogens (tertiary/aromatic N) is 3. The Morgan fingerprint density at radius 1 is 1.35 bits per heavy atom.